The van der Waals surface area contributed by atoms with E-state index in [0.717, 1.165) is 38.3 Å². The minimum atomic E-state index is -3.28. The first-order chi connectivity index (χ1) is 10.0. The highest BCUT2D eigenvalue weighted by Crippen LogP contribution is 2.22. The third-order valence-corrected chi connectivity index (χ3v) is 6.47. The molecule has 0 radical (unpaired) electrons. The van der Waals surface area contributed by atoms with Crippen molar-refractivity contribution in [1.29, 1.82) is 0 Å². The standard InChI is InChI=1S/C15H31N3O2S/c1-3-13(4-2)12-17-21(19,20)18-9-7-14(8-10-18)11-16-15-5-6-15/h13-17H,3-12H2,1-2H3. The number of nitrogens with zero attached hydrogens (tertiary/aromatic N) is 1. The highest BCUT2D eigenvalue weighted by molar-refractivity contribution is 7.87. The fourth-order valence-corrected chi connectivity index (χ4v) is 4.19. The number of hydrogen-bond acceptors (Lipinski definition) is 3. The third kappa shape index (κ3) is 5.51. The summed E-state index contributed by atoms with van der Waals surface area (Å²) in [4.78, 5) is 0. The van der Waals surface area contributed by atoms with Crippen molar-refractivity contribution in [3.05, 3.63) is 0 Å². The largest absolute Gasteiger partial charge is 0.314 e. The van der Waals surface area contributed by atoms with E-state index in [1.54, 1.807) is 4.31 Å². The molecule has 0 aromatic rings. The molecule has 2 fully saturated rings. The molecule has 1 aliphatic carbocycles. The Morgan fingerprint density at radius 1 is 1.10 bits per heavy atom. The molecule has 6 heteroatoms. The maximum absolute atomic E-state index is 12.3. The van der Waals surface area contributed by atoms with Crippen molar-refractivity contribution in [1.82, 2.24) is 14.3 Å². The summed E-state index contributed by atoms with van der Waals surface area (Å²) in [6.07, 6.45) is 6.62. The molecule has 0 aromatic carbocycles. The van der Waals surface area contributed by atoms with Crippen LogP contribution < -0.4 is 10.0 Å². The first-order valence-corrected chi connectivity index (χ1v) is 9.97. The molecule has 124 valence electrons. The normalized spacial score (nSPS) is 22.0. The van der Waals surface area contributed by atoms with Crippen molar-refractivity contribution < 1.29 is 8.42 Å². The summed E-state index contributed by atoms with van der Waals surface area (Å²) in [5.74, 6) is 1.08. The molecule has 5 nitrogen and oxygen atoms in total. The van der Waals surface area contributed by atoms with Gasteiger partial charge in [-0.05, 0) is 44.1 Å². The topological polar surface area (TPSA) is 61.4 Å². The lowest BCUT2D eigenvalue weighted by Crippen LogP contribution is -2.47. The second kappa shape index (κ2) is 7.90. The summed E-state index contributed by atoms with van der Waals surface area (Å²) in [6, 6.07) is 0.744. The summed E-state index contributed by atoms with van der Waals surface area (Å²) in [5.41, 5.74) is 0. The lowest BCUT2D eigenvalue weighted by atomic mass is 9.98. The zero-order valence-corrected chi connectivity index (χ0v) is 14.3. The van der Waals surface area contributed by atoms with Crippen molar-refractivity contribution in [3.8, 4) is 0 Å². The van der Waals surface area contributed by atoms with E-state index in [-0.39, 0.29) is 0 Å². The van der Waals surface area contributed by atoms with Gasteiger partial charge in [0, 0.05) is 25.7 Å². The maximum atomic E-state index is 12.3. The Morgan fingerprint density at radius 3 is 2.24 bits per heavy atom. The van der Waals surface area contributed by atoms with Crippen molar-refractivity contribution in [2.75, 3.05) is 26.2 Å². The van der Waals surface area contributed by atoms with Gasteiger partial charge in [0.25, 0.3) is 10.2 Å². The SMILES string of the molecule is CCC(CC)CNS(=O)(=O)N1CCC(CNC2CC2)CC1. The lowest BCUT2D eigenvalue weighted by molar-refractivity contribution is 0.264. The molecule has 1 heterocycles. The minimum absolute atomic E-state index is 0.444. The van der Waals surface area contributed by atoms with E-state index in [1.807, 2.05) is 0 Å². The predicted molar refractivity (Wildman–Crippen MR) is 86.3 cm³/mol. The fraction of sp³-hybridized carbons (Fsp3) is 1.00. The van der Waals surface area contributed by atoms with E-state index >= 15 is 0 Å². The zero-order chi connectivity index (χ0) is 15.3. The molecular formula is C15H31N3O2S. The minimum Gasteiger partial charge on any atom is -0.314 e. The van der Waals surface area contributed by atoms with E-state index in [9.17, 15) is 8.42 Å². The summed E-state index contributed by atoms with van der Waals surface area (Å²) < 4.78 is 29.0. The molecule has 0 aromatic heterocycles. The Morgan fingerprint density at radius 2 is 1.71 bits per heavy atom. The van der Waals surface area contributed by atoms with E-state index < -0.39 is 10.2 Å². The average molecular weight is 317 g/mol. The van der Waals surface area contributed by atoms with E-state index in [0.29, 0.717) is 31.5 Å². The van der Waals surface area contributed by atoms with Crippen LogP contribution in [0.3, 0.4) is 0 Å². The molecule has 0 atom stereocenters. The summed E-state index contributed by atoms with van der Waals surface area (Å²) >= 11 is 0. The average Bonchev–Trinajstić information content (AvgIpc) is 3.31. The smallest absolute Gasteiger partial charge is 0.279 e. The van der Waals surface area contributed by atoms with Crippen LogP contribution in [-0.4, -0.2) is 44.9 Å². The first-order valence-electron chi connectivity index (χ1n) is 8.53. The van der Waals surface area contributed by atoms with E-state index in [4.69, 9.17) is 0 Å². The molecule has 2 N–H and O–H groups in total. The Labute approximate surface area is 130 Å². The van der Waals surface area contributed by atoms with Gasteiger partial charge in [-0.25, -0.2) is 4.72 Å². The first kappa shape index (κ1) is 17.2. The van der Waals surface area contributed by atoms with Crippen molar-refractivity contribution in [2.45, 2.75) is 58.4 Å². The fourth-order valence-electron chi connectivity index (χ4n) is 2.87. The molecule has 1 aliphatic heterocycles. The lowest BCUT2D eigenvalue weighted by Gasteiger charge is -2.31. The molecule has 0 bridgehead atoms. The van der Waals surface area contributed by atoms with Crippen molar-refractivity contribution in [3.63, 3.8) is 0 Å². The second-order valence-corrected chi connectivity index (χ2v) is 8.32. The van der Waals surface area contributed by atoms with Gasteiger partial charge in [0.2, 0.25) is 0 Å². The zero-order valence-electron chi connectivity index (χ0n) is 13.5. The molecular weight excluding hydrogens is 286 g/mol. The number of rotatable bonds is 9. The number of nitrogens with one attached hydrogen (secondary N) is 2. The van der Waals surface area contributed by atoms with Crippen LogP contribution in [0.2, 0.25) is 0 Å². The second-order valence-electron chi connectivity index (χ2n) is 6.56. The molecule has 1 saturated carbocycles. The van der Waals surface area contributed by atoms with E-state index in [2.05, 4.69) is 23.9 Å². The number of hydrogen-bond donors (Lipinski definition) is 2. The molecule has 21 heavy (non-hydrogen) atoms. The molecule has 1 saturated heterocycles. The maximum Gasteiger partial charge on any atom is 0.279 e. The van der Waals surface area contributed by atoms with Crippen LogP contribution >= 0.6 is 0 Å². The van der Waals surface area contributed by atoms with Crippen molar-refractivity contribution >= 4 is 10.2 Å². The van der Waals surface area contributed by atoms with Gasteiger partial charge in [0.05, 0.1) is 0 Å². The molecule has 2 rings (SSSR count). The highest BCUT2D eigenvalue weighted by Gasteiger charge is 2.29. The summed E-state index contributed by atoms with van der Waals surface area (Å²) in [7, 11) is -3.28. The van der Waals surface area contributed by atoms with Gasteiger partial charge in [0.1, 0.15) is 0 Å². The van der Waals surface area contributed by atoms with Gasteiger partial charge in [-0.3, -0.25) is 0 Å². The molecule has 0 amide bonds. The van der Waals surface area contributed by atoms with Crippen LogP contribution in [0, 0.1) is 11.8 Å². The van der Waals surface area contributed by atoms with Crippen molar-refractivity contribution in [2.24, 2.45) is 11.8 Å². The van der Waals surface area contributed by atoms with Gasteiger partial charge in [-0.2, -0.15) is 12.7 Å². The Kier molecular flexibility index (Phi) is 6.47. The van der Waals surface area contributed by atoms with Crippen LogP contribution in [0.25, 0.3) is 0 Å². The van der Waals surface area contributed by atoms with Gasteiger partial charge < -0.3 is 5.32 Å². The van der Waals surface area contributed by atoms with Gasteiger partial charge in [-0.1, -0.05) is 26.7 Å². The quantitative estimate of drug-likeness (QED) is 0.681. The van der Waals surface area contributed by atoms with Gasteiger partial charge in [0.15, 0.2) is 0 Å². The molecule has 2 aliphatic rings. The Balaban J connectivity index is 1.71. The van der Waals surface area contributed by atoms with E-state index in [1.165, 1.54) is 12.8 Å². The molecule has 0 spiro atoms. The molecule has 0 unspecified atom stereocenters. The van der Waals surface area contributed by atoms with Gasteiger partial charge >= 0.3 is 0 Å². The van der Waals surface area contributed by atoms with Crippen LogP contribution in [0.5, 0.6) is 0 Å². The highest BCUT2D eigenvalue weighted by atomic mass is 32.2. The Bertz CT molecular complexity index is 397. The van der Waals surface area contributed by atoms with Crippen LogP contribution in [0.15, 0.2) is 0 Å². The summed E-state index contributed by atoms with van der Waals surface area (Å²) in [6.45, 7) is 7.17. The summed E-state index contributed by atoms with van der Waals surface area (Å²) in [5, 5.41) is 3.55. The Hall–Kier alpha value is -0.170. The predicted octanol–water partition coefficient (Wildman–Crippen LogP) is 1.72. The van der Waals surface area contributed by atoms with Crippen LogP contribution in [0.4, 0.5) is 0 Å². The third-order valence-electron chi connectivity index (χ3n) is 4.90. The van der Waals surface area contributed by atoms with Crippen LogP contribution in [-0.2, 0) is 10.2 Å². The monoisotopic (exact) mass is 317 g/mol. The number of piperidine rings is 1. The van der Waals surface area contributed by atoms with Gasteiger partial charge in [-0.15, -0.1) is 0 Å². The van der Waals surface area contributed by atoms with Crippen LogP contribution in [0.1, 0.15) is 52.4 Å².